The van der Waals surface area contributed by atoms with Crippen molar-refractivity contribution < 1.29 is 95.1 Å². The minimum Gasteiger partial charge on any atom is -0.459 e. The van der Waals surface area contributed by atoms with Crippen LogP contribution in [0.5, 0.6) is 0 Å². The van der Waals surface area contributed by atoms with E-state index in [2.05, 4.69) is 69.2 Å². The van der Waals surface area contributed by atoms with Crippen LogP contribution in [0.3, 0.4) is 0 Å². The van der Waals surface area contributed by atoms with E-state index in [-0.39, 0.29) is 153 Å². The minimum atomic E-state index is -0.507. The molecule has 6 bridgehead atoms. The fourth-order valence-corrected chi connectivity index (χ4v) is 19.2. The molecule has 20 heteroatoms. The van der Waals surface area contributed by atoms with Gasteiger partial charge in [-0.2, -0.15) is 0 Å². The SMILES string of the molecule is CCC1OC(CC)C2C3CC(C(C(=O)OCOC)C3C(=O)OC3(CC)CCCC3)C12.CCC1OC(CC)C2C3CC(C(C(=O)OCOC)C3C(=O)OCOC)C12.CCC1OC(CC)C2C3CC(C(C(=O)OCOC)C3C(=O)OCOCC(C)(C)C)C12. The zero-order valence-corrected chi connectivity index (χ0v) is 54.2. The number of carbonyl (C=O) groups excluding carboxylic acids is 6. The maximum absolute atomic E-state index is 13.6. The Balaban J connectivity index is 0.000000168. The Hall–Kier alpha value is -3.50. The van der Waals surface area contributed by atoms with Gasteiger partial charge in [0.1, 0.15) is 5.60 Å². The van der Waals surface area contributed by atoms with Crippen molar-refractivity contribution in [3.8, 4) is 0 Å². The summed E-state index contributed by atoms with van der Waals surface area (Å²) < 4.78 is 77.0. The molecule has 0 radical (unpaired) electrons. The number of methoxy groups -OCH3 is 4. The molecule has 0 N–H and O–H groups in total. The van der Waals surface area contributed by atoms with Crippen LogP contribution in [0, 0.1) is 112 Å². The van der Waals surface area contributed by atoms with Crippen molar-refractivity contribution in [3.05, 3.63) is 0 Å². The summed E-state index contributed by atoms with van der Waals surface area (Å²) in [6.45, 7) is 21.1. The van der Waals surface area contributed by atoms with Gasteiger partial charge in [0.2, 0.25) is 0 Å². The Morgan fingerprint density at radius 2 is 0.628 bits per heavy atom. The fraction of sp³-hybridized carbons (Fsp3) is 0.909. The van der Waals surface area contributed by atoms with Gasteiger partial charge in [-0.05, 0) is 166 Å². The minimum absolute atomic E-state index is 0.0107. The monoisotopic (exact) mass is 1220 g/mol. The molecule has 3 saturated heterocycles. The maximum atomic E-state index is 13.6. The summed E-state index contributed by atoms with van der Waals surface area (Å²) in [6.07, 6.45) is 14.0. The molecule has 0 aromatic carbocycles. The largest absolute Gasteiger partial charge is 0.459 e. The van der Waals surface area contributed by atoms with Crippen molar-refractivity contribution in [1.82, 2.24) is 0 Å². The summed E-state index contributed by atoms with van der Waals surface area (Å²) in [4.78, 5) is 78.2. The Bertz CT molecular complexity index is 2220. The Labute approximate surface area is 511 Å². The normalized spacial score (nSPS) is 39.6. The van der Waals surface area contributed by atoms with Gasteiger partial charge in [-0.15, -0.1) is 0 Å². The third-order valence-electron chi connectivity index (χ3n) is 22.1. The van der Waals surface area contributed by atoms with Crippen molar-refractivity contribution in [2.75, 3.05) is 69.0 Å². The first-order valence-corrected chi connectivity index (χ1v) is 32.9. The molecular weight excluding hydrogens is 1110 g/mol. The smallest absolute Gasteiger partial charge is 0.312 e. The lowest BCUT2D eigenvalue weighted by Gasteiger charge is -2.39. The fourth-order valence-electron chi connectivity index (χ4n) is 19.2. The molecule has 0 spiro atoms. The van der Waals surface area contributed by atoms with Gasteiger partial charge in [-0.3, -0.25) is 28.8 Å². The molecular formula is C66H106O20. The summed E-state index contributed by atoms with van der Waals surface area (Å²) in [5.74, 6) is -2.30. The Morgan fingerprint density at radius 1 is 0.384 bits per heavy atom. The second-order valence-corrected chi connectivity index (χ2v) is 27.5. The van der Waals surface area contributed by atoms with Crippen molar-refractivity contribution in [2.45, 2.75) is 201 Å². The molecule has 490 valence electrons. The molecule has 3 aliphatic heterocycles. The molecule has 10 fully saturated rings. The molecule has 24 atom stereocenters. The molecule has 86 heavy (non-hydrogen) atoms. The first-order chi connectivity index (χ1) is 41.3. The standard InChI is InChI=1S/C24H38O6.C23H38O7.C19H30O7/c1-5-16-18-14-12-15(19(18)17(6-2)29-16)21(20(14)22(25)28-13-27-4)23(26)30-24(7-3)10-8-9-11-24;1-7-15-17-13-9-14(18(17)16(8-2)30-15)20(19(13)21(24)28-11-26-6)22(25)29-12-27-10-23(3,4)5;1-5-12-14-10-7-11(15(14)13(6-2)26-12)17(19(21)25-9-23-4)16(10)18(20)24-8-22-3/h14-21H,5-13H2,1-4H3;13-20H,7-12H2,1-6H3;10-17H,5-9H2,1-4H3. The van der Waals surface area contributed by atoms with Gasteiger partial charge in [0.25, 0.3) is 0 Å². The molecule has 0 aromatic heterocycles. The second-order valence-electron chi connectivity index (χ2n) is 27.5. The summed E-state index contributed by atoms with van der Waals surface area (Å²) in [5.41, 5.74) is -0.356. The summed E-state index contributed by atoms with van der Waals surface area (Å²) in [5, 5.41) is 0. The molecule has 7 saturated carbocycles. The molecule has 7 aliphatic carbocycles. The van der Waals surface area contributed by atoms with Crippen LogP contribution < -0.4 is 0 Å². The van der Waals surface area contributed by atoms with Gasteiger partial charge >= 0.3 is 35.8 Å². The van der Waals surface area contributed by atoms with Crippen LogP contribution in [0.1, 0.15) is 159 Å². The zero-order valence-electron chi connectivity index (χ0n) is 54.2. The Kier molecular flexibility index (Phi) is 23.9. The number of ether oxygens (including phenoxy) is 14. The number of hydrogen-bond donors (Lipinski definition) is 0. The van der Waals surface area contributed by atoms with Crippen LogP contribution in [0.25, 0.3) is 0 Å². The van der Waals surface area contributed by atoms with Gasteiger partial charge in [-0.1, -0.05) is 69.2 Å². The second kappa shape index (κ2) is 30.1. The number of carbonyl (C=O) groups is 6. The predicted octanol–water partition coefficient (Wildman–Crippen LogP) is 9.48. The lowest BCUT2D eigenvalue weighted by Crippen LogP contribution is -2.47. The highest BCUT2D eigenvalue weighted by Crippen LogP contribution is 2.67. The number of rotatable bonds is 25. The predicted molar refractivity (Wildman–Crippen MR) is 310 cm³/mol. The highest BCUT2D eigenvalue weighted by Gasteiger charge is 2.71. The van der Waals surface area contributed by atoms with Crippen LogP contribution in [0.4, 0.5) is 0 Å². The average Bonchev–Trinajstić information content (AvgIpc) is 1.57. The van der Waals surface area contributed by atoms with Crippen molar-refractivity contribution in [3.63, 3.8) is 0 Å². The third kappa shape index (κ3) is 13.6. The van der Waals surface area contributed by atoms with Gasteiger partial charge < -0.3 is 66.3 Å². The van der Waals surface area contributed by atoms with Crippen molar-refractivity contribution in [2.24, 2.45) is 112 Å². The summed E-state index contributed by atoms with van der Waals surface area (Å²) >= 11 is 0. The lowest BCUT2D eigenvalue weighted by molar-refractivity contribution is -0.180. The van der Waals surface area contributed by atoms with E-state index in [1.54, 1.807) is 0 Å². The van der Waals surface area contributed by atoms with E-state index in [1.807, 2.05) is 0 Å². The molecule has 10 aliphatic rings. The van der Waals surface area contributed by atoms with E-state index in [1.165, 1.54) is 28.4 Å². The van der Waals surface area contributed by atoms with E-state index in [4.69, 9.17) is 66.3 Å². The lowest BCUT2D eigenvalue weighted by atomic mass is 9.65. The highest BCUT2D eigenvalue weighted by molar-refractivity contribution is 5.86. The van der Waals surface area contributed by atoms with E-state index >= 15 is 0 Å². The molecule has 24 unspecified atom stereocenters. The number of fused-ring (bicyclic) bond motifs is 15. The molecule has 0 amide bonds. The van der Waals surface area contributed by atoms with Crippen LogP contribution in [-0.4, -0.2) is 147 Å². The van der Waals surface area contributed by atoms with Crippen molar-refractivity contribution in [1.29, 1.82) is 0 Å². The summed E-state index contributed by atoms with van der Waals surface area (Å²) in [6, 6.07) is 0. The van der Waals surface area contributed by atoms with Gasteiger partial charge in [0.15, 0.2) is 34.0 Å². The zero-order chi connectivity index (χ0) is 62.4. The van der Waals surface area contributed by atoms with Crippen LogP contribution in [0.15, 0.2) is 0 Å². The third-order valence-corrected chi connectivity index (χ3v) is 22.1. The van der Waals surface area contributed by atoms with E-state index in [0.717, 1.165) is 89.9 Å². The first-order valence-electron chi connectivity index (χ1n) is 32.9. The van der Waals surface area contributed by atoms with E-state index < -0.39 is 35.5 Å². The Morgan fingerprint density at radius 3 is 0.849 bits per heavy atom. The van der Waals surface area contributed by atoms with E-state index in [0.29, 0.717) is 42.1 Å². The molecule has 10 rings (SSSR count). The van der Waals surface area contributed by atoms with Gasteiger partial charge in [0, 0.05) is 28.4 Å². The summed E-state index contributed by atoms with van der Waals surface area (Å²) in [7, 11) is 5.92. The quantitative estimate of drug-likeness (QED) is 0.0358. The number of hydrogen-bond acceptors (Lipinski definition) is 20. The van der Waals surface area contributed by atoms with Crippen molar-refractivity contribution >= 4 is 35.8 Å². The van der Waals surface area contributed by atoms with E-state index in [9.17, 15) is 28.8 Å². The first kappa shape index (κ1) is 68.4. The van der Waals surface area contributed by atoms with Gasteiger partial charge in [0.05, 0.1) is 78.7 Å². The maximum Gasteiger partial charge on any atom is 0.312 e. The number of esters is 6. The molecule has 0 aromatic rings. The van der Waals surface area contributed by atoms with Crippen LogP contribution >= 0.6 is 0 Å². The average molecular weight is 1220 g/mol. The van der Waals surface area contributed by atoms with Gasteiger partial charge in [-0.25, -0.2) is 0 Å². The molecule has 3 heterocycles. The topological polar surface area (TPSA) is 232 Å². The van der Waals surface area contributed by atoms with Crippen LogP contribution in [0.2, 0.25) is 0 Å². The highest BCUT2D eigenvalue weighted by atomic mass is 16.7. The van der Waals surface area contributed by atoms with Crippen LogP contribution in [-0.2, 0) is 95.1 Å². The molecule has 20 nitrogen and oxygen atoms in total.